The van der Waals surface area contributed by atoms with Crippen LogP contribution in [-0.4, -0.2) is 125 Å². The molecule has 0 bridgehead atoms. The molecule has 328 valence electrons. The van der Waals surface area contributed by atoms with Gasteiger partial charge in [-0.15, -0.1) is 17.5 Å². The van der Waals surface area contributed by atoms with Crippen molar-refractivity contribution in [3.05, 3.63) is 119 Å². The molecule has 2 atom stereocenters. The highest BCUT2D eigenvalue weighted by Crippen LogP contribution is 2.33. The molecule has 3 amide bonds. The minimum atomic E-state index is -0.882. The van der Waals surface area contributed by atoms with Crippen molar-refractivity contribution in [1.82, 2.24) is 59.8 Å². The van der Waals surface area contributed by atoms with Crippen molar-refractivity contribution in [3.8, 4) is 11.5 Å². The van der Waals surface area contributed by atoms with E-state index in [0.29, 0.717) is 42.5 Å². The minimum Gasteiger partial charge on any atom is -0.489 e. The number of ether oxygens (including phenoxy) is 2. The van der Waals surface area contributed by atoms with Crippen LogP contribution >= 0.6 is 12.4 Å². The maximum atomic E-state index is 13.3. The summed E-state index contributed by atoms with van der Waals surface area (Å²) in [6.45, 7) is 6.61. The maximum Gasteiger partial charge on any atom is 0.291 e. The van der Waals surface area contributed by atoms with Crippen molar-refractivity contribution in [1.29, 1.82) is 0 Å². The summed E-state index contributed by atoms with van der Waals surface area (Å²) in [4.78, 5) is 59.0. The van der Waals surface area contributed by atoms with Gasteiger partial charge in [-0.05, 0) is 41.0 Å². The van der Waals surface area contributed by atoms with Gasteiger partial charge >= 0.3 is 0 Å². The Kier molecular flexibility index (Phi) is 12.7. The SMILES string of the molecule is CN1C(=O)C(N)COc2ccc(CN3CCn4ncnc4C3)cc21.CN1C(=O)C(NC(=O)c2n[nH]c(Cc3ccccc3)n2)COc2ccc(CN3CCn4ncnc4C3)cc21.Cl. The standard InChI is InChI=1S/C26H27N9O3.C16H20N6O2.ClH/c1-33-20-11-18(13-34-9-10-35-23(14-34)27-16-28-35)7-8-21(20)38-15-19(26(33)37)29-25(36)24-30-22(31-32-24)12-17-5-3-2-4-6-17;1-20-13-6-11(2-3-14(13)24-9-12(17)16(20)23)7-21-4-5-22-15(8-21)18-10-19-22;/h2-8,11,16,19H,9-10,12-15H2,1H3,(H,29,36)(H,30,31,32);2-3,6,10,12H,4-5,7-9,17H2,1H3;1H. The first-order chi connectivity index (χ1) is 30.1. The molecule has 21 heteroatoms. The predicted molar refractivity (Wildman–Crippen MR) is 231 cm³/mol. The van der Waals surface area contributed by atoms with Crippen LogP contribution in [0.2, 0.25) is 0 Å². The minimum absolute atomic E-state index is 0. The second-order valence-corrected chi connectivity index (χ2v) is 15.6. The van der Waals surface area contributed by atoms with Gasteiger partial charge in [-0.3, -0.25) is 29.3 Å². The van der Waals surface area contributed by atoms with Crippen LogP contribution in [0.3, 0.4) is 0 Å². The lowest BCUT2D eigenvalue weighted by atomic mass is 10.1. The van der Waals surface area contributed by atoms with E-state index >= 15 is 0 Å². The highest BCUT2D eigenvalue weighted by atomic mass is 35.5. The molecular formula is C42H48ClN15O5. The van der Waals surface area contributed by atoms with Gasteiger partial charge in [0.15, 0.2) is 0 Å². The van der Waals surface area contributed by atoms with E-state index in [1.54, 1.807) is 31.6 Å². The zero-order valence-corrected chi connectivity index (χ0v) is 35.6. The fourth-order valence-corrected chi connectivity index (χ4v) is 7.91. The molecule has 0 aliphatic carbocycles. The van der Waals surface area contributed by atoms with Crippen molar-refractivity contribution < 1.29 is 23.9 Å². The first kappa shape index (κ1) is 42.9. The first-order valence-electron chi connectivity index (χ1n) is 20.4. The number of anilines is 2. The van der Waals surface area contributed by atoms with Gasteiger partial charge in [0.1, 0.15) is 66.9 Å². The molecule has 63 heavy (non-hydrogen) atoms. The Morgan fingerprint density at radius 1 is 0.762 bits per heavy atom. The molecule has 2 unspecified atom stereocenters. The fourth-order valence-electron chi connectivity index (χ4n) is 7.91. The Bertz CT molecular complexity index is 2580. The van der Waals surface area contributed by atoms with Gasteiger partial charge in [-0.1, -0.05) is 42.5 Å². The normalized spacial score (nSPS) is 18.5. The summed E-state index contributed by atoms with van der Waals surface area (Å²) in [5, 5.41) is 18.0. The number of amides is 3. The molecule has 0 fully saturated rings. The number of nitrogens with zero attached hydrogens (tertiary/aromatic N) is 12. The lowest BCUT2D eigenvalue weighted by Gasteiger charge is -2.27. The van der Waals surface area contributed by atoms with E-state index in [1.165, 1.54) is 4.90 Å². The van der Waals surface area contributed by atoms with E-state index in [0.717, 1.165) is 73.3 Å². The number of aromatic nitrogens is 9. The number of benzene rings is 3. The number of nitrogens with one attached hydrogen (secondary N) is 2. The summed E-state index contributed by atoms with van der Waals surface area (Å²) in [6, 6.07) is 20.0. The van der Waals surface area contributed by atoms with Gasteiger partial charge in [0, 0.05) is 46.7 Å². The van der Waals surface area contributed by atoms with Gasteiger partial charge in [0.25, 0.3) is 11.8 Å². The number of likely N-dealkylation sites (N-methyl/N-ethyl adjacent to an activating group) is 2. The van der Waals surface area contributed by atoms with Crippen LogP contribution < -0.4 is 30.3 Å². The summed E-state index contributed by atoms with van der Waals surface area (Å²) in [6.07, 6.45) is 3.70. The number of carbonyl (C=O) groups is 3. The molecule has 3 aromatic heterocycles. The van der Waals surface area contributed by atoms with Crippen LogP contribution in [0, 0.1) is 0 Å². The van der Waals surface area contributed by atoms with Gasteiger partial charge in [-0.2, -0.15) is 10.2 Å². The number of rotatable bonds is 8. The maximum absolute atomic E-state index is 13.3. The van der Waals surface area contributed by atoms with Crippen molar-refractivity contribution >= 4 is 41.5 Å². The number of aromatic amines is 1. The Morgan fingerprint density at radius 3 is 1.94 bits per heavy atom. The average molecular weight is 878 g/mol. The van der Waals surface area contributed by atoms with E-state index in [4.69, 9.17) is 15.2 Å². The smallest absolute Gasteiger partial charge is 0.291 e. The Labute approximate surface area is 368 Å². The number of carbonyl (C=O) groups excluding carboxylic acids is 3. The highest BCUT2D eigenvalue weighted by Gasteiger charge is 2.32. The number of halogens is 1. The molecule has 20 nitrogen and oxygen atoms in total. The summed E-state index contributed by atoms with van der Waals surface area (Å²) < 4.78 is 15.5. The summed E-state index contributed by atoms with van der Waals surface area (Å²) in [7, 11) is 3.43. The molecule has 4 aliphatic heterocycles. The summed E-state index contributed by atoms with van der Waals surface area (Å²) in [5.74, 6) is 2.81. The second kappa shape index (κ2) is 18.7. The lowest BCUT2D eigenvalue weighted by Crippen LogP contribution is -2.49. The van der Waals surface area contributed by atoms with Crippen LogP contribution in [0.1, 0.15) is 44.8 Å². The van der Waals surface area contributed by atoms with Crippen LogP contribution in [0.25, 0.3) is 0 Å². The van der Waals surface area contributed by atoms with Gasteiger partial charge in [0.2, 0.25) is 11.7 Å². The highest BCUT2D eigenvalue weighted by molar-refractivity contribution is 6.02. The monoisotopic (exact) mass is 877 g/mol. The van der Waals surface area contributed by atoms with Gasteiger partial charge in [-0.25, -0.2) is 24.3 Å². The second-order valence-electron chi connectivity index (χ2n) is 15.6. The van der Waals surface area contributed by atoms with Crippen molar-refractivity contribution in [2.24, 2.45) is 5.73 Å². The zero-order chi connectivity index (χ0) is 42.7. The molecule has 0 saturated carbocycles. The third kappa shape index (κ3) is 9.53. The van der Waals surface area contributed by atoms with E-state index in [1.807, 2.05) is 76.1 Å². The summed E-state index contributed by atoms with van der Waals surface area (Å²) >= 11 is 0. The van der Waals surface area contributed by atoms with E-state index in [-0.39, 0.29) is 43.3 Å². The van der Waals surface area contributed by atoms with E-state index < -0.39 is 18.0 Å². The third-order valence-corrected chi connectivity index (χ3v) is 11.3. The molecular weight excluding hydrogens is 830 g/mol. The predicted octanol–water partition coefficient (Wildman–Crippen LogP) is 1.55. The molecule has 10 rings (SSSR count). The first-order valence-corrected chi connectivity index (χ1v) is 20.4. The fraction of sp³-hybridized carbons (Fsp3) is 0.357. The van der Waals surface area contributed by atoms with Crippen LogP contribution in [0.5, 0.6) is 11.5 Å². The number of H-pyrrole nitrogens is 1. The molecule has 4 aliphatic rings. The summed E-state index contributed by atoms with van der Waals surface area (Å²) in [5.41, 5.74) is 10.5. The van der Waals surface area contributed by atoms with E-state index in [9.17, 15) is 14.4 Å². The third-order valence-electron chi connectivity index (χ3n) is 11.3. The Hall–Kier alpha value is -6.74. The van der Waals surface area contributed by atoms with Crippen molar-refractivity contribution in [2.45, 2.75) is 57.8 Å². The van der Waals surface area contributed by atoms with Crippen LogP contribution in [0.4, 0.5) is 11.4 Å². The Balaban J connectivity index is 0.000000188. The number of hydrogen-bond donors (Lipinski definition) is 3. The molecule has 0 radical (unpaired) electrons. The van der Waals surface area contributed by atoms with Crippen LogP contribution in [-0.2, 0) is 55.3 Å². The number of fused-ring (bicyclic) bond motifs is 4. The molecule has 6 aromatic rings. The molecule has 0 spiro atoms. The quantitative estimate of drug-likeness (QED) is 0.198. The van der Waals surface area contributed by atoms with Crippen LogP contribution in [0.15, 0.2) is 79.4 Å². The number of hydrogen-bond acceptors (Lipinski definition) is 14. The zero-order valence-electron chi connectivity index (χ0n) is 34.8. The molecule has 0 saturated heterocycles. The molecule has 4 N–H and O–H groups in total. The average Bonchev–Trinajstić information content (AvgIpc) is 4.06. The number of nitrogens with two attached hydrogens (primary N) is 1. The van der Waals surface area contributed by atoms with Crippen molar-refractivity contribution in [3.63, 3.8) is 0 Å². The lowest BCUT2D eigenvalue weighted by molar-refractivity contribution is -0.120. The molecule has 7 heterocycles. The topological polar surface area (TPSA) is 224 Å². The molecule has 3 aromatic carbocycles. The van der Waals surface area contributed by atoms with Gasteiger partial charge < -0.3 is 30.3 Å². The van der Waals surface area contributed by atoms with Gasteiger partial charge in [0.05, 0.1) is 37.6 Å². The largest absolute Gasteiger partial charge is 0.489 e. The Morgan fingerprint density at radius 2 is 1.33 bits per heavy atom. The van der Waals surface area contributed by atoms with E-state index in [2.05, 4.69) is 50.5 Å². The van der Waals surface area contributed by atoms with Crippen molar-refractivity contribution in [2.75, 3.05) is 50.2 Å².